The molecule has 0 unspecified atom stereocenters. The number of halogens is 1. The number of amides is 1. The van der Waals surface area contributed by atoms with Crippen molar-refractivity contribution in [2.75, 3.05) is 5.32 Å². The van der Waals surface area contributed by atoms with Crippen LogP contribution in [0, 0.1) is 6.92 Å². The van der Waals surface area contributed by atoms with Gasteiger partial charge in [0.05, 0.1) is 10.6 Å². The van der Waals surface area contributed by atoms with E-state index in [9.17, 15) is 13.2 Å². The number of hydrogen-bond acceptors (Lipinski definition) is 3. The molecule has 0 spiro atoms. The van der Waals surface area contributed by atoms with Gasteiger partial charge in [-0.05, 0) is 55.0 Å². The third kappa shape index (κ3) is 4.96. The lowest BCUT2D eigenvalue weighted by molar-refractivity contribution is 0.102. The lowest BCUT2D eigenvalue weighted by Crippen LogP contribution is -2.12. The molecule has 0 saturated heterocycles. The summed E-state index contributed by atoms with van der Waals surface area (Å²) in [4.78, 5) is 12.7. The average Bonchev–Trinajstić information content (AvgIpc) is 2.62. The quantitative estimate of drug-likeness (QED) is 0.665. The fourth-order valence-corrected chi connectivity index (χ4v) is 4.15. The van der Waals surface area contributed by atoms with Crippen LogP contribution < -0.4 is 5.32 Å². The number of carbonyl (C=O) groups excluding carboxylic acids is 1. The van der Waals surface area contributed by atoms with Crippen LogP contribution in [0.15, 0.2) is 77.7 Å². The van der Waals surface area contributed by atoms with E-state index in [2.05, 4.69) is 5.32 Å². The maximum absolute atomic E-state index is 12.6. The Bertz CT molecular complexity index is 1080. The molecule has 1 N–H and O–H groups in total. The van der Waals surface area contributed by atoms with Crippen LogP contribution in [0.4, 0.5) is 5.69 Å². The first-order valence-corrected chi connectivity index (χ1v) is 10.3. The number of sulfone groups is 1. The highest BCUT2D eigenvalue weighted by Gasteiger charge is 2.16. The summed E-state index contributed by atoms with van der Waals surface area (Å²) in [5.74, 6) is -0.499. The molecule has 0 aliphatic rings. The topological polar surface area (TPSA) is 63.2 Å². The molecule has 0 fully saturated rings. The van der Waals surface area contributed by atoms with Crippen molar-refractivity contribution in [3.63, 3.8) is 0 Å². The van der Waals surface area contributed by atoms with E-state index in [1.807, 2.05) is 6.92 Å². The van der Waals surface area contributed by atoms with Crippen LogP contribution in [0.2, 0.25) is 5.02 Å². The average molecular weight is 400 g/mol. The highest BCUT2D eigenvalue weighted by molar-refractivity contribution is 7.90. The minimum Gasteiger partial charge on any atom is -0.322 e. The fourth-order valence-electron chi connectivity index (χ4n) is 2.62. The van der Waals surface area contributed by atoms with Gasteiger partial charge in [-0.2, -0.15) is 0 Å². The molecule has 3 aromatic rings. The normalized spacial score (nSPS) is 11.2. The summed E-state index contributed by atoms with van der Waals surface area (Å²) in [5.41, 5.74) is 2.50. The third-order valence-electron chi connectivity index (χ3n) is 4.01. The molecule has 3 aromatic carbocycles. The van der Waals surface area contributed by atoms with Crippen LogP contribution in [-0.4, -0.2) is 14.3 Å². The van der Waals surface area contributed by atoms with Gasteiger partial charge >= 0.3 is 0 Å². The summed E-state index contributed by atoms with van der Waals surface area (Å²) in [6.45, 7) is 1.90. The molecule has 0 radical (unpaired) electrons. The molecule has 0 heterocycles. The zero-order chi connectivity index (χ0) is 19.4. The van der Waals surface area contributed by atoms with E-state index in [1.165, 1.54) is 0 Å². The molecule has 0 saturated carbocycles. The summed E-state index contributed by atoms with van der Waals surface area (Å²) in [5, 5.41) is 3.27. The van der Waals surface area contributed by atoms with Gasteiger partial charge in [0.25, 0.3) is 5.91 Å². The van der Waals surface area contributed by atoms with E-state index in [0.29, 0.717) is 21.8 Å². The number of benzene rings is 3. The van der Waals surface area contributed by atoms with Gasteiger partial charge in [0.1, 0.15) is 0 Å². The van der Waals surface area contributed by atoms with Gasteiger partial charge in [-0.15, -0.1) is 0 Å². The second kappa shape index (κ2) is 7.94. The predicted octanol–water partition coefficient (Wildman–Crippen LogP) is 4.87. The molecule has 0 aromatic heterocycles. The number of carbonyl (C=O) groups is 1. The molecular weight excluding hydrogens is 382 g/mol. The zero-order valence-electron chi connectivity index (χ0n) is 14.6. The molecule has 1 amide bonds. The minimum atomic E-state index is -3.49. The summed E-state index contributed by atoms with van der Waals surface area (Å²) in [7, 11) is -3.49. The summed E-state index contributed by atoms with van der Waals surface area (Å²) in [6, 6.07) is 20.2. The number of rotatable bonds is 5. The minimum absolute atomic E-state index is 0.172. The number of nitrogens with one attached hydrogen (secondary N) is 1. The van der Waals surface area contributed by atoms with Crippen molar-refractivity contribution < 1.29 is 13.2 Å². The second-order valence-electron chi connectivity index (χ2n) is 6.24. The Morgan fingerprint density at radius 3 is 2.37 bits per heavy atom. The molecule has 0 atom stereocenters. The zero-order valence-corrected chi connectivity index (χ0v) is 16.2. The van der Waals surface area contributed by atoms with E-state index in [0.717, 1.165) is 5.56 Å². The molecule has 6 heteroatoms. The SMILES string of the molecule is Cc1ccc(S(=O)(=O)Cc2cccc(C(=O)Nc3cccc(Cl)c3)c2)cc1. The molecule has 138 valence electrons. The van der Waals surface area contributed by atoms with E-state index in [1.54, 1.807) is 72.8 Å². The van der Waals surface area contributed by atoms with Gasteiger partial charge in [0.15, 0.2) is 9.84 Å². The van der Waals surface area contributed by atoms with E-state index < -0.39 is 9.84 Å². The van der Waals surface area contributed by atoms with Crippen molar-refractivity contribution in [2.24, 2.45) is 0 Å². The van der Waals surface area contributed by atoms with Gasteiger partial charge in [0, 0.05) is 16.3 Å². The van der Waals surface area contributed by atoms with Gasteiger partial charge in [0.2, 0.25) is 0 Å². The first-order chi connectivity index (χ1) is 12.8. The molecule has 4 nitrogen and oxygen atoms in total. The van der Waals surface area contributed by atoms with Crippen LogP contribution in [0.25, 0.3) is 0 Å². The second-order valence-corrected chi connectivity index (χ2v) is 8.66. The van der Waals surface area contributed by atoms with Crippen LogP contribution in [-0.2, 0) is 15.6 Å². The largest absolute Gasteiger partial charge is 0.322 e. The summed E-state index contributed by atoms with van der Waals surface area (Å²) in [6.07, 6.45) is 0. The molecule has 0 aliphatic carbocycles. The molecule has 0 aliphatic heterocycles. The Morgan fingerprint density at radius 2 is 1.67 bits per heavy atom. The predicted molar refractivity (Wildman–Crippen MR) is 108 cm³/mol. The van der Waals surface area contributed by atoms with Crippen LogP contribution in [0.5, 0.6) is 0 Å². The standard InChI is InChI=1S/C21H18ClNO3S/c1-15-8-10-20(11-9-15)27(25,26)14-16-4-2-5-17(12-16)21(24)23-19-7-3-6-18(22)13-19/h2-13H,14H2,1H3,(H,23,24). The van der Waals surface area contributed by atoms with Gasteiger partial charge in [-0.3, -0.25) is 4.79 Å². The Morgan fingerprint density at radius 1 is 0.963 bits per heavy atom. The van der Waals surface area contributed by atoms with E-state index >= 15 is 0 Å². The highest BCUT2D eigenvalue weighted by atomic mass is 35.5. The van der Waals surface area contributed by atoms with Gasteiger partial charge in [-0.1, -0.05) is 47.5 Å². The summed E-state index contributed by atoms with van der Waals surface area (Å²) < 4.78 is 25.2. The monoisotopic (exact) mass is 399 g/mol. The Kier molecular flexibility index (Phi) is 5.63. The lowest BCUT2D eigenvalue weighted by Gasteiger charge is -2.08. The van der Waals surface area contributed by atoms with Gasteiger partial charge in [-0.25, -0.2) is 8.42 Å². The Hall–Kier alpha value is -2.63. The van der Waals surface area contributed by atoms with E-state index in [4.69, 9.17) is 11.6 Å². The van der Waals surface area contributed by atoms with Crippen molar-refractivity contribution in [1.82, 2.24) is 0 Å². The van der Waals surface area contributed by atoms with Crippen molar-refractivity contribution in [3.05, 3.63) is 94.5 Å². The smallest absolute Gasteiger partial charge is 0.255 e. The molecule has 0 bridgehead atoms. The van der Waals surface area contributed by atoms with E-state index in [-0.39, 0.29) is 16.6 Å². The molecule has 27 heavy (non-hydrogen) atoms. The highest BCUT2D eigenvalue weighted by Crippen LogP contribution is 2.19. The number of aryl methyl sites for hydroxylation is 1. The first-order valence-electron chi connectivity index (χ1n) is 8.29. The fraction of sp³-hybridized carbons (Fsp3) is 0.0952. The number of hydrogen-bond donors (Lipinski definition) is 1. The van der Waals surface area contributed by atoms with Crippen LogP contribution in [0.1, 0.15) is 21.5 Å². The van der Waals surface area contributed by atoms with Crippen molar-refractivity contribution in [3.8, 4) is 0 Å². The van der Waals surface area contributed by atoms with Crippen molar-refractivity contribution >= 4 is 33.0 Å². The van der Waals surface area contributed by atoms with Crippen LogP contribution >= 0.6 is 11.6 Å². The van der Waals surface area contributed by atoms with Crippen molar-refractivity contribution in [2.45, 2.75) is 17.6 Å². The Labute approximate surface area is 163 Å². The van der Waals surface area contributed by atoms with Crippen molar-refractivity contribution in [1.29, 1.82) is 0 Å². The molecule has 3 rings (SSSR count). The molecular formula is C21H18ClNO3S. The summed E-state index contributed by atoms with van der Waals surface area (Å²) >= 11 is 5.92. The Balaban J connectivity index is 1.79. The van der Waals surface area contributed by atoms with Gasteiger partial charge < -0.3 is 5.32 Å². The maximum Gasteiger partial charge on any atom is 0.255 e. The van der Waals surface area contributed by atoms with Crippen LogP contribution in [0.3, 0.4) is 0 Å². The number of anilines is 1. The third-order valence-corrected chi connectivity index (χ3v) is 5.95. The maximum atomic E-state index is 12.6. The lowest BCUT2D eigenvalue weighted by atomic mass is 10.1. The first kappa shape index (κ1) is 19.1.